The number of nitrogens with zero attached hydrogens (tertiary/aromatic N) is 4. The number of aliphatic hydroxyl groups excluding tert-OH is 1. The second kappa shape index (κ2) is 5.88. The van der Waals surface area contributed by atoms with Crippen LogP contribution in [0.5, 0.6) is 0 Å². The predicted octanol–water partition coefficient (Wildman–Crippen LogP) is 1.70. The van der Waals surface area contributed by atoms with Gasteiger partial charge in [0.15, 0.2) is 0 Å². The molecule has 1 aliphatic rings. The van der Waals surface area contributed by atoms with Crippen LogP contribution in [0.2, 0.25) is 5.28 Å². The van der Waals surface area contributed by atoms with Crippen molar-refractivity contribution >= 4 is 23.5 Å². The molecular formula is C12H20ClN5O. The number of aliphatic hydroxyl groups is 1. The van der Waals surface area contributed by atoms with E-state index < -0.39 is 5.54 Å². The average molecular weight is 286 g/mol. The molecule has 19 heavy (non-hydrogen) atoms. The molecule has 0 amide bonds. The molecule has 0 atom stereocenters. The van der Waals surface area contributed by atoms with Crippen molar-refractivity contribution in [2.24, 2.45) is 0 Å². The van der Waals surface area contributed by atoms with Crippen molar-refractivity contribution in [3.63, 3.8) is 0 Å². The summed E-state index contributed by atoms with van der Waals surface area (Å²) in [5.74, 6) is 1.01. The van der Waals surface area contributed by atoms with Gasteiger partial charge in [0.1, 0.15) is 0 Å². The van der Waals surface area contributed by atoms with Crippen molar-refractivity contribution < 1.29 is 5.11 Å². The van der Waals surface area contributed by atoms with Crippen LogP contribution in [-0.4, -0.2) is 45.3 Å². The highest BCUT2D eigenvalue weighted by Crippen LogP contribution is 2.20. The molecule has 0 aliphatic carbocycles. The van der Waals surface area contributed by atoms with Crippen molar-refractivity contribution in [3.05, 3.63) is 5.28 Å². The number of aromatic nitrogens is 3. The van der Waals surface area contributed by atoms with Gasteiger partial charge in [0.25, 0.3) is 0 Å². The first-order chi connectivity index (χ1) is 9.00. The number of nitrogens with one attached hydrogen (secondary N) is 1. The summed E-state index contributed by atoms with van der Waals surface area (Å²) in [5.41, 5.74) is -0.496. The van der Waals surface area contributed by atoms with Crippen LogP contribution in [0.1, 0.15) is 33.1 Å². The highest BCUT2D eigenvalue weighted by atomic mass is 35.5. The third kappa shape index (κ3) is 3.91. The molecule has 1 aromatic heterocycles. The Morgan fingerprint density at radius 1 is 1.21 bits per heavy atom. The fourth-order valence-corrected chi connectivity index (χ4v) is 2.13. The molecule has 0 unspecified atom stereocenters. The van der Waals surface area contributed by atoms with Gasteiger partial charge in [0.2, 0.25) is 17.2 Å². The minimum atomic E-state index is -0.496. The van der Waals surface area contributed by atoms with E-state index in [-0.39, 0.29) is 11.9 Å². The molecule has 1 aliphatic heterocycles. The van der Waals surface area contributed by atoms with Gasteiger partial charge >= 0.3 is 0 Å². The van der Waals surface area contributed by atoms with E-state index in [9.17, 15) is 5.11 Å². The van der Waals surface area contributed by atoms with Crippen LogP contribution in [0.4, 0.5) is 11.9 Å². The molecule has 0 aromatic carbocycles. The summed E-state index contributed by atoms with van der Waals surface area (Å²) in [6.45, 7) is 5.61. The number of halogens is 1. The highest BCUT2D eigenvalue weighted by Gasteiger charge is 2.20. The van der Waals surface area contributed by atoms with Crippen LogP contribution >= 0.6 is 11.6 Å². The molecule has 2 N–H and O–H groups in total. The van der Waals surface area contributed by atoms with Crippen LogP contribution < -0.4 is 10.2 Å². The summed E-state index contributed by atoms with van der Waals surface area (Å²) < 4.78 is 0. The molecule has 0 radical (unpaired) electrons. The van der Waals surface area contributed by atoms with Gasteiger partial charge in [0.05, 0.1) is 12.1 Å². The molecule has 0 saturated carbocycles. The Morgan fingerprint density at radius 2 is 1.89 bits per heavy atom. The zero-order valence-corrected chi connectivity index (χ0v) is 12.1. The minimum absolute atomic E-state index is 0.0185. The van der Waals surface area contributed by atoms with E-state index in [0.717, 1.165) is 25.9 Å². The van der Waals surface area contributed by atoms with Crippen molar-refractivity contribution in [2.45, 2.75) is 38.6 Å². The first kappa shape index (κ1) is 14.3. The van der Waals surface area contributed by atoms with E-state index in [4.69, 9.17) is 11.6 Å². The zero-order valence-electron chi connectivity index (χ0n) is 11.4. The lowest BCUT2D eigenvalue weighted by Crippen LogP contribution is -2.36. The lowest BCUT2D eigenvalue weighted by molar-refractivity contribution is 0.233. The predicted molar refractivity (Wildman–Crippen MR) is 75.7 cm³/mol. The molecular weight excluding hydrogens is 266 g/mol. The minimum Gasteiger partial charge on any atom is -0.394 e. The molecule has 2 heterocycles. The molecule has 1 fully saturated rings. The monoisotopic (exact) mass is 285 g/mol. The number of rotatable bonds is 4. The number of piperidine rings is 1. The second-order valence-electron chi connectivity index (χ2n) is 5.44. The van der Waals surface area contributed by atoms with Crippen molar-refractivity contribution in [3.8, 4) is 0 Å². The summed E-state index contributed by atoms with van der Waals surface area (Å²) >= 11 is 5.95. The third-order valence-corrected chi connectivity index (χ3v) is 3.25. The van der Waals surface area contributed by atoms with Crippen molar-refractivity contribution in [1.82, 2.24) is 15.0 Å². The van der Waals surface area contributed by atoms with Gasteiger partial charge in [-0.2, -0.15) is 15.0 Å². The first-order valence-corrected chi connectivity index (χ1v) is 6.93. The smallest absolute Gasteiger partial charge is 0.231 e. The van der Waals surface area contributed by atoms with Gasteiger partial charge in [-0.1, -0.05) is 0 Å². The van der Waals surface area contributed by atoms with E-state index in [1.54, 1.807) is 0 Å². The summed E-state index contributed by atoms with van der Waals surface area (Å²) in [5, 5.41) is 12.5. The fraction of sp³-hybridized carbons (Fsp3) is 0.750. The zero-order chi connectivity index (χ0) is 13.9. The Balaban J connectivity index is 2.19. The van der Waals surface area contributed by atoms with Gasteiger partial charge in [0, 0.05) is 13.1 Å². The van der Waals surface area contributed by atoms with Crippen LogP contribution in [0.3, 0.4) is 0 Å². The van der Waals surface area contributed by atoms with Crippen LogP contribution in [0, 0.1) is 0 Å². The molecule has 106 valence electrons. The topological polar surface area (TPSA) is 74.2 Å². The summed E-state index contributed by atoms with van der Waals surface area (Å²) in [6.07, 6.45) is 3.54. The maximum atomic E-state index is 9.27. The van der Waals surface area contributed by atoms with Gasteiger partial charge in [-0.3, -0.25) is 0 Å². The van der Waals surface area contributed by atoms with Crippen LogP contribution in [-0.2, 0) is 0 Å². The van der Waals surface area contributed by atoms with Gasteiger partial charge in [-0.05, 0) is 44.7 Å². The molecule has 7 heteroatoms. The molecule has 6 nitrogen and oxygen atoms in total. The standard InChI is InChI=1S/C12H20ClN5O/c1-12(2,8-19)17-10-14-9(13)15-11(16-10)18-6-4-3-5-7-18/h19H,3-8H2,1-2H3,(H,14,15,16,17). The van der Waals surface area contributed by atoms with E-state index in [1.807, 2.05) is 13.8 Å². The summed E-state index contributed by atoms with van der Waals surface area (Å²) in [7, 11) is 0. The first-order valence-electron chi connectivity index (χ1n) is 6.56. The lowest BCUT2D eigenvalue weighted by atomic mass is 10.1. The number of hydrogen-bond acceptors (Lipinski definition) is 6. The van der Waals surface area contributed by atoms with Gasteiger partial charge < -0.3 is 15.3 Å². The Labute approximate surface area is 118 Å². The van der Waals surface area contributed by atoms with Crippen LogP contribution in [0.25, 0.3) is 0 Å². The van der Waals surface area contributed by atoms with E-state index >= 15 is 0 Å². The van der Waals surface area contributed by atoms with Crippen molar-refractivity contribution in [2.75, 3.05) is 29.9 Å². The van der Waals surface area contributed by atoms with E-state index in [1.165, 1.54) is 6.42 Å². The summed E-state index contributed by atoms with van der Waals surface area (Å²) in [6, 6.07) is 0. The Kier molecular flexibility index (Phi) is 4.42. The summed E-state index contributed by atoms with van der Waals surface area (Å²) in [4.78, 5) is 14.7. The van der Waals surface area contributed by atoms with E-state index in [2.05, 4.69) is 25.2 Å². The van der Waals surface area contributed by atoms with Crippen molar-refractivity contribution in [1.29, 1.82) is 0 Å². The quantitative estimate of drug-likeness (QED) is 0.877. The SMILES string of the molecule is CC(C)(CO)Nc1nc(Cl)nc(N2CCCCC2)n1. The lowest BCUT2D eigenvalue weighted by Gasteiger charge is -2.28. The molecule has 1 saturated heterocycles. The third-order valence-electron chi connectivity index (χ3n) is 3.08. The highest BCUT2D eigenvalue weighted by molar-refractivity contribution is 6.28. The maximum absolute atomic E-state index is 9.27. The fourth-order valence-electron chi connectivity index (χ4n) is 1.97. The average Bonchev–Trinajstić information content (AvgIpc) is 2.38. The molecule has 0 spiro atoms. The number of hydrogen-bond donors (Lipinski definition) is 2. The second-order valence-corrected chi connectivity index (χ2v) is 5.78. The van der Waals surface area contributed by atoms with Crippen LogP contribution in [0.15, 0.2) is 0 Å². The van der Waals surface area contributed by atoms with E-state index in [0.29, 0.717) is 11.9 Å². The Bertz CT molecular complexity index is 434. The Morgan fingerprint density at radius 3 is 2.53 bits per heavy atom. The largest absolute Gasteiger partial charge is 0.394 e. The normalized spacial score (nSPS) is 16.5. The van der Waals surface area contributed by atoms with Gasteiger partial charge in [-0.25, -0.2) is 0 Å². The Hall–Kier alpha value is -1.14. The molecule has 1 aromatic rings. The molecule has 2 rings (SSSR count). The molecule has 0 bridgehead atoms. The maximum Gasteiger partial charge on any atom is 0.231 e. The number of anilines is 2. The van der Waals surface area contributed by atoms with Gasteiger partial charge in [-0.15, -0.1) is 0 Å².